The maximum absolute atomic E-state index is 3.29. The molecule has 0 atom stereocenters. The second-order valence-electron chi connectivity index (χ2n) is 3.98. The molecule has 61 valence electrons. The second-order valence-corrected chi connectivity index (χ2v) is 3.98. The fourth-order valence-electron chi connectivity index (χ4n) is 1.73. The molecule has 0 bridgehead atoms. The Balaban J connectivity index is 2.60. The fourth-order valence-corrected chi connectivity index (χ4v) is 1.73. The molecule has 0 amide bonds. The molecule has 0 saturated heterocycles. The molecule has 0 fully saturated rings. The monoisotopic (exact) mass is 157 g/mol. The van der Waals surface area contributed by atoms with Crippen molar-refractivity contribution in [2.45, 2.75) is 25.7 Å². The van der Waals surface area contributed by atoms with Gasteiger partial charge in [-0.15, -0.1) is 0 Å². The average Bonchev–Trinajstić information content (AvgIpc) is 2.04. The van der Waals surface area contributed by atoms with Gasteiger partial charge < -0.3 is 0 Å². The zero-order valence-corrected chi connectivity index (χ0v) is 7.59. The third-order valence-corrected chi connectivity index (χ3v) is 2.53. The van der Waals surface area contributed by atoms with Crippen LogP contribution in [-0.2, 0) is 5.41 Å². The van der Waals surface area contributed by atoms with E-state index in [4.69, 9.17) is 0 Å². The van der Waals surface area contributed by atoms with E-state index in [-0.39, 0.29) is 0 Å². The quantitative estimate of drug-likeness (QED) is 0.543. The van der Waals surface area contributed by atoms with E-state index >= 15 is 0 Å². The van der Waals surface area contributed by atoms with Crippen LogP contribution in [0.25, 0.3) is 0 Å². The molecule has 0 saturated carbocycles. The Morgan fingerprint density at radius 2 is 2.00 bits per heavy atom. The third kappa shape index (κ3) is 1.08. The van der Waals surface area contributed by atoms with Gasteiger partial charge in [0.05, 0.1) is 0 Å². The van der Waals surface area contributed by atoms with Crippen LogP contribution in [-0.4, -0.2) is 0 Å². The van der Waals surface area contributed by atoms with E-state index in [9.17, 15) is 0 Å². The topological polar surface area (TPSA) is 0 Å². The van der Waals surface area contributed by atoms with Crippen LogP contribution in [0, 0.1) is 6.08 Å². The molecule has 0 nitrogen and oxygen atoms in total. The molecule has 12 heavy (non-hydrogen) atoms. The van der Waals surface area contributed by atoms with Crippen molar-refractivity contribution >= 4 is 0 Å². The summed E-state index contributed by atoms with van der Waals surface area (Å²) < 4.78 is 0. The molecule has 1 aliphatic rings. The Morgan fingerprint density at radius 3 is 2.75 bits per heavy atom. The maximum Gasteiger partial charge on any atom is -0.00626 e. The summed E-state index contributed by atoms with van der Waals surface area (Å²) in [4.78, 5) is 0. The average molecular weight is 157 g/mol. The number of hydrogen-bond acceptors (Lipinski definition) is 0. The van der Waals surface area contributed by atoms with Crippen molar-refractivity contribution in [3.8, 4) is 0 Å². The van der Waals surface area contributed by atoms with Gasteiger partial charge in [-0.2, -0.15) is 0 Å². The van der Waals surface area contributed by atoms with Crippen LogP contribution in [0.1, 0.15) is 31.4 Å². The summed E-state index contributed by atoms with van der Waals surface area (Å²) in [5.41, 5.74) is 2.98. The highest BCUT2D eigenvalue weighted by Crippen LogP contribution is 2.33. The van der Waals surface area contributed by atoms with Crippen molar-refractivity contribution < 1.29 is 0 Å². The molecule has 0 spiro atoms. The minimum Gasteiger partial charge on any atom is -0.0752 e. The lowest BCUT2D eigenvalue weighted by molar-refractivity contribution is 0.524. The molecule has 0 unspecified atom stereocenters. The van der Waals surface area contributed by atoms with Crippen LogP contribution < -0.4 is 0 Å². The highest BCUT2D eigenvalue weighted by atomic mass is 14.3. The van der Waals surface area contributed by atoms with E-state index in [1.807, 2.05) is 0 Å². The van der Waals surface area contributed by atoms with E-state index in [2.05, 4.69) is 50.3 Å². The summed E-state index contributed by atoms with van der Waals surface area (Å²) in [6.45, 7) is 4.56. The van der Waals surface area contributed by atoms with Crippen molar-refractivity contribution in [2.24, 2.45) is 0 Å². The first-order chi connectivity index (χ1) is 5.70. The van der Waals surface area contributed by atoms with Crippen LogP contribution in [0.5, 0.6) is 0 Å². The van der Waals surface area contributed by atoms with Gasteiger partial charge in [-0.25, -0.2) is 0 Å². The summed E-state index contributed by atoms with van der Waals surface area (Å²) >= 11 is 0. The molecular formula is C12H13. The van der Waals surface area contributed by atoms with Gasteiger partial charge in [0.1, 0.15) is 0 Å². The lowest BCUT2D eigenvalue weighted by atomic mass is 9.76. The predicted octanol–water partition coefficient (Wildman–Crippen LogP) is 3.08. The highest BCUT2D eigenvalue weighted by molar-refractivity contribution is 5.40. The molecule has 1 aromatic carbocycles. The summed E-state index contributed by atoms with van der Waals surface area (Å²) in [6, 6.07) is 8.51. The molecule has 1 radical (unpaired) electrons. The normalized spacial score (nSPS) is 18.8. The van der Waals surface area contributed by atoms with Gasteiger partial charge in [0.25, 0.3) is 0 Å². The van der Waals surface area contributed by atoms with Gasteiger partial charge >= 0.3 is 0 Å². The predicted molar refractivity (Wildman–Crippen MR) is 51.0 cm³/mol. The summed E-state index contributed by atoms with van der Waals surface area (Å²) in [6.07, 6.45) is 6.54. The summed E-state index contributed by atoms with van der Waals surface area (Å²) in [5.74, 6) is 0. The van der Waals surface area contributed by atoms with E-state index < -0.39 is 0 Å². The molecule has 0 heteroatoms. The van der Waals surface area contributed by atoms with E-state index in [0.717, 1.165) is 6.42 Å². The van der Waals surface area contributed by atoms with Crippen molar-refractivity contribution in [1.82, 2.24) is 0 Å². The second kappa shape index (κ2) is 2.48. The van der Waals surface area contributed by atoms with Crippen LogP contribution >= 0.6 is 0 Å². The number of benzene rings is 1. The van der Waals surface area contributed by atoms with Gasteiger partial charge in [0, 0.05) is 0 Å². The smallest absolute Gasteiger partial charge is 0.00626 e. The lowest BCUT2D eigenvalue weighted by Gasteiger charge is -2.28. The first-order valence-electron chi connectivity index (χ1n) is 4.38. The van der Waals surface area contributed by atoms with E-state index in [0.29, 0.717) is 5.41 Å². The van der Waals surface area contributed by atoms with Gasteiger partial charge in [0.15, 0.2) is 0 Å². The Labute approximate surface area is 73.9 Å². The summed E-state index contributed by atoms with van der Waals surface area (Å²) in [5, 5.41) is 0. The van der Waals surface area contributed by atoms with Gasteiger partial charge in [-0.3, -0.25) is 0 Å². The number of allylic oxidation sites excluding steroid dienone is 1. The first-order valence-corrected chi connectivity index (χ1v) is 4.38. The lowest BCUT2D eigenvalue weighted by Crippen LogP contribution is -2.19. The van der Waals surface area contributed by atoms with Crippen LogP contribution in [0.15, 0.2) is 30.3 Å². The first kappa shape index (κ1) is 7.60. The Bertz CT molecular complexity index is 319. The fraction of sp³-hybridized carbons (Fsp3) is 0.333. The molecule has 0 heterocycles. The Hall–Kier alpha value is -1.04. The molecule has 1 aliphatic carbocycles. The molecule has 0 aliphatic heterocycles. The number of fused-ring (bicyclic) bond motifs is 1. The number of rotatable bonds is 0. The minimum atomic E-state index is 0.293. The SMILES string of the molecule is CC1(C)CC=[C]c2ccccc21. The van der Waals surface area contributed by atoms with E-state index in [1.54, 1.807) is 0 Å². The molecule has 0 aromatic heterocycles. The minimum absolute atomic E-state index is 0.293. The molecule has 1 aromatic rings. The van der Waals surface area contributed by atoms with Crippen LogP contribution in [0.3, 0.4) is 0 Å². The highest BCUT2D eigenvalue weighted by Gasteiger charge is 2.23. The van der Waals surface area contributed by atoms with Gasteiger partial charge in [-0.05, 0) is 29.0 Å². The molecule has 0 N–H and O–H groups in total. The van der Waals surface area contributed by atoms with Crippen LogP contribution in [0.2, 0.25) is 0 Å². The van der Waals surface area contributed by atoms with Gasteiger partial charge in [-0.1, -0.05) is 44.2 Å². The van der Waals surface area contributed by atoms with Crippen molar-refractivity contribution in [3.63, 3.8) is 0 Å². The zero-order chi connectivity index (χ0) is 8.60. The summed E-state index contributed by atoms with van der Waals surface area (Å²) in [7, 11) is 0. The van der Waals surface area contributed by atoms with Crippen molar-refractivity contribution in [2.75, 3.05) is 0 Å². The zero-order valence-electron chi connectivity index (χ0n) is 7.59. The third-order valence-electron chi connectivity index (χ3n) is 2.53. The number of hydrogen-bond donors (Lipinski definition) is 0. The molecular weight excluding hydrogens is 144 g/mol. The largest absolute Gasteiger partial charge is 0.0752 e. The van der Waals surface area contributed by atoms with Crippen molar-refractivity contribution in [1.29, 1.82) is 0 Å². The Morgan fingerprint density at radius 1 is 1.25 bits per heavy atom. The Kier molecular flexibility index (Phi) is 1.57. The standard InChI is InChI=1S/C12H13/c1-12(2)9-5-7-10-6-3-4-8-11(10)12/h3-6,8H,9H2,1-2H3. The van der Waals surface area contributed by atoms with Crippen molar-refractivity contribution in [3.05, 3.63) is 47.5 Å². The van der Waals surface area contributed by atoms with Gasteiger partial charge in [0.2, 0.25) is 0 Å². The molecule has 2 rings (SSSR count). The maximum atomic E-state index is 3.29. The van der Waals surface area contributed by atoms with E-state index in [1.165, 1.54) is 11.1 Å². The van der Waals surface area contributed by atoms with Crippen LogP contribution in [0.4, 0.5) is 0 Å².